The number of methoxy groups -OCH3 is 2. The number of ether oxygens (including phenoxy) is 2. The summed E-state index contributed by atoms with van der Waals surface area (Å²) < 4.78 is 10.5. The number of carbonyl (C=O) groups is 1. The van der Waals surface area contributed by atoms with Crippen LogP contribution in [0.25, 0.3) is 0 Å². The zero-order valence-electron chi connectivity index (χ0n) is 14.0. The van der Waals surface area contributed by atoms with E-state index >= 15 is 0 Å². The van der Waals surface area contributed by atoms with E-state index in [-0.39, 0.29) is 11.4 Å². The van der Waals surface area contributed by atoms with Crippen LogP contribution in [0.2, 0.25) is 0 Å². The van der Waals surface area contributed by atoms with E-state index in [1.165, 1.54) is 0 Å². The van der Waals surface area contributed by atoms with Crippen molar-refractivity contribution in [1.29, 1.82) is 5.26 Å². The van der Waals surface area contributed by atoms with Gasteiger partial charge < -0.3 is 20.1 Å². The Hall–Kier alpha value is -2.68. The molecule has 1 heterocycles. The summed E-state index contributed by atoms with van der Waals surface area (Å²) in [6.07, 6.45) is 0. The van der Waals surface area contributed by atoms with Crippen LogP contribution in [0.15, 0.2) is 29.5 Å². The van der Waals surface area contributed by atoms with Gasteiger partial charge in [0.05, 0.1) is 31.9 Å². The van der Waals surface area contributed by atoms with Gasteiger partial charge in [0.25, 0.3) is 0 Å². The Balaban J connectivity index is 2.57. The minimum absolute atomic E-state index is 0.325. The largest absolute Gasteiger partial charge is 0.493 e. The van der Waals surface area contributed by atoms with E-state index in [4.69, 9.17) is 9.47 Å². The first-order valence-corrected chi connectivity index (χ1v) is 7.26. The number of urea groups is 1. The van der Waals surface area contributed by atoms with Gasteiger partial charge in [-0.2, -0.15) is 5.26 Å². The highest BCUT2D eigenvalue weighted by Crippen LogP contribution is 2.37. The van der Waals surface area contributed by atoms with Gasteiger partial charge in [-0.25, -0.2) is 4.79 Å². The maximum atomic E-state index is 12.0. The molecule has 2 amide bonds. The number of nitrogens with one attached hydrogen (secondary N) is 2. The lowest BCUT2D eigenvalue weighted by molar-refractivity contribution is 0.235. The van der Waals surface area contributed by atoms with Crippen LogP contribution in [0.3, 0.4) is 0 Å². The summed E-state index contributed by atoms with van der Waals surface area (Å²) in [6.45, 7) is 5.87. The van der Waals surface area contributed by atoms with E-state index in [1.807, 2.05) is 26.8 Å². The molecule has 0 unspecified atom stereocenters. The molecular formula is C17H21N3O3. The fourth-order valence-corrected chi connectivity index (χ4v) is 2.56. The maximum Gasteiger partial charge on any atom is 0.319 e. The predicted molar refractivity (Wildman–Crippen MR) is 86.0 cm³/mol. The van der Waals surface area contributed by atoms with E-state index in [0.717, 1.165) is 5.56 Å². The third-order valence-electron chi connectivity index (χ3n) is 3.68. The van der Waals surface area contributed by atoms with Crippen LogP contribution >= 0.6 is 0 Å². The normalized spacial score (nSPS) is 17.9. The van der Waals surface area contributed by atoms with Crippen LogP contribution in [-0.2, 0) is 0 Å². The molecule has 1 aliphatic heterocycles. The van der Waals surface area contributed by atoms with Gasteiger partial charge in [0.15, 0.2) is 11.5 Å². The van der Waals surface area contributed by atoms with E-state index in [2.05, 4.69) is 16.7 Å². The van der Waals surface area contributed by atoms with E-state index < -0.39 is 6.04 Å². The average molecular weight is 315 g/mol. The molecule has 0 spiro atoms. The molecule has 0 fully saturated rings. The second kappa shape index (κ2) is 6.21. The summed E-state index contributed by atoms with van der Waals surface area (Å²) in [5.41, 5.74) is 1.53. The van der Waals surface area contributed by atoms with Crippen molar-refractivity contribution in [3.63, 3.8) is 0 Å². The Bertz CT molecular complexity index is 696. The van der Waals surface area contributed by atoms with E-state index in [9.17, 15) is 10.1 Å². The van der Waals surface area contributed by atoms with Gasteiger partial charge in [0.1, 0.15) is 0 Å². The SMILES string of the molecule is COc1ccc([C@H]2NC(=O)NC(C(C)(C)C)=C2C#N)cc1OC. The second-order valence-electron chi connectivity index (χ2n) is 6.30. The van der Waals surface area contributed by atoms with Gasteiger partial charge in [0.2, 0.25) is 0 Å². The molecule has 1 aromatic carbocycles. The molecule has 2 N–H and O–H groups in total. The van der Waals surface area contributed by atoms with Gasteiger partial charge in [-0.3, -0.25) is 0 Å². The topological polar surface area (TPSA) is 83.4 Å². The zero-order valence-corrected chi connectivity index (χ0v) is 14.0. The van der Waals surface area contributed by atoms with E-state index in [1.54, 1.807) is 26.4 Å². The van der Waals surface area contributed by atoms with Crippen LogP contribution in [0.5, 0.6) is 11.5 Å². The van der Waals surface area contributed by atoms with Gasteiger partial charge in [0, 0.05) is 11.1 Å². The Morgan fingerprint density at radius 3 is 2.35 bits per heavy atom. The van der Waals surface area contributed by atoms with Crippen molar-refractivity contribution >= 4 is 6.03 Å². The molecule has 0 saturated carbocycles. The number of hydrogen-bond donors (Lipinski definition) is 2. The maximum absolute atomic E-state index is 12.0. The number of rotatable bonds is 3. The summed E-state index contributed by atoms with van der Waals surface area (Å²) in [5, 5.41) is 15.2. The minimum Gasteiger partial charge on any atom is -0.493 e. The predicted octanol–water partition coefficient (Wildman–Crippen LogP) is 2.88. The third kappa shape index (κ3) is 3.24. The van der Waals surface area contributed by atoms with Crippen LogP contribution in [0, 0.1) is 16.7 Å². The number of nitriles is 1. The summed E-state index contributed by atoms with van der Waals surface area (Å²) in [6, 6.07) is 6.72. The van der Waals surface area contributed by atoms with Gasteiger partial charge >= 0.3 is 6.03 Å². The van der Waals surface area contributed by atoms with Crippen molar-refractivity contribution in [3.05, 3.63) is 35.0 Å². The highest BCUT2D eigenvalue weighted by Gasteiger charge is 2.34. The van der Waals surface area contributed by atoms with Gasteiger partial charge in [-0.05, 0) is 17.7 Å². The molecule has 6 heteroatoms. The van der Waals surface area contributed by atoms with Crippen LogP contribution in [0.4, 0.5) is 4.79 Å². The fourth-order valence-electron chi connectivity index (χ4n) is 2.56. The lowest BCUT2D eigenvalue weighted by Crippen LogP contribution is -2.46. The van der Waals surface area contributed by atoms with Gasteiger partial charge in [-0.15, -0.1) is 0 Å². The molecule has 0 aromatic heterocycles. The highest BCUT2D eigenvalue weighted by molar-refractivity contribution is 5.80. The molecular weight excluding hydrogens is 294 g/mol. The highest BCUT2D eigenvalue weighted by atomic mass is 16.5. The second-order valence-corrected chi connectivity index (χ2v) is 6.30. The molecule has 0 aliphatic carbocycles. The van der Waals surface area contributed by atoms with Crippen molar-refractivity contribution in [2.75, 3.05) is 14.2 Å². The quantitative estimate of drug-likeness (QED) is 0.898. The van der Waals surface area contributed by atoms with Crippen LogP contribution in [-0.4, -0.2) is 20.3 Å². The number of nitrogens with zero attached hydrogens (tertiary/aromatic N) is 1. The van der Waals surface area contributed by atoms with Crippen molar-refractivity contribution < 1.29 is 14.3 Å². The van der Waals surface area contributed by atoms with E-state index in [0.29, 0.717) is 22.8 Å². The number of carbonyl (C=O) groups excluding carboxylic acids is 1. The minimum atomic E-state index is -0.525. The molecule has 0 radical (unpaired) electrons. The molecule has 0 saturated heterocycles. The standard InChI is InChI=1S/C17H21N3O3/c1-17(2,3)15-11(9-18)14(19-16(21)20-15)10-6-7-12(22-4)13(8-10)23-5/h6-8,14H,1-5H3,(H2,19,20,21)/t14-/m1/s1. The molecule has 2 rings (SSSR count). The first kappa shape index (κ1) is 16.7. The van der Waals surface area contributed by atoms with Crippen molar-refractivity contribution in [2.24, 2.45) is 5.41 Å². The fraction of sp³-hybridized carbons (Fsp3) is 0.412. The lowest BCUT2D eigenvalue weighted by atomic mass is 9.84. The zero-order chi connectivity index (χ0) is 17.2. The van der Waals surface area contributed by atoms with Gasteiger partial charge in [-0.1, -0.05) is 26.8 Å². The smallest absolute Gasteiger partial charge is 0.319 e. The number of hydrogen-bond acceptors (Lipinski definition) is 4. The first-order chi connectivity index (χ1) is 10.8. The summed E-state index contributed by atoms with van der Waals surface area (Å²) >= 11 is 0. The molecule has 1 atom stereocenters. The molecule has 122 valence electrons. The lowest BCUT2D eigenvalue weighted by Gasteiger charge is -2.33. The average Bonchev–Trinajstić information content (AvgIpc) is 2.52. The van der Waals surface area contributed by atoms with Crippen LogP contribution in [0.1, 0.15) is 32.4 Å². The molecule has 0 bridgehead atoms. The number of amides is 2. The third-order valence-corrected chi connectivity index (χ3v) is 3.68. The summed E-state index contributed by atoms with van der Waals surface area (Å²) in [7, 11) is 3.10. The Labute approximate surface area is 136 Å². The Kier molecular flexibility index (Phi) is 4.50. The van der Waals surface area contributed by atoms with Crippen molar-refractivity contribution in [1.82, 2.24) is 10.6 Å². The summed E-state index contributed by atoms with van der Waals surface area (Å²) in [5.74, 6) is 1.14. The molecule has 1 aliphatic rings. The van der Waals surface area contributed by atoms with Crippen LogP contribution < -0.4 is 20.1 Å². The Morgan fingerprint density at radius 1 is 1.17 bits per heavy atom. The summed E-state index contributed by atoms with van der Waals surface area (Å²) in [4.78, 5) is 12.0. The molecule has 23 heavy (non-hydrogen) atoms. The Morgan fingerprint density at radius 2 is 1.83 bits per heavy atom. The van der Waals surface area contributed by atoms with Crippen molar-refractivity contribution in [3.8, 4) is 17.6 Å². The monoisotopic (exact) mass is 315 g/mol. The molecule has 1 aromatic rings. The number of allylic oxidation sites excluding steroid dienone is 1. The number of benzene rings is 1. The molecule has 6 nitrogen and oxygen atoms in total. The van der Waals surface area contributed by atoms with Crippen molar-refractivity contribution in [2.45, 2.75) is 26.8 Å². The first-order valence-electron chi connectivity index (χ1n) is 7.26.